The van der Waals surface area contributed by atoms with Crippen LogP contribution < -0.4 is 0 Å². The Kier molecular flexibility index (Phi) is 4.55. The lowest BCUT2D eigenvalue weighted by molar-refractivity contribution is -0.384. The highest BCUT2D eigenvalue weighted by atomic mass is 35.5. The predicted octanol–water partition coefficient (Wildman–Crippen LogP) is 3.52. The zero-order valence-electron chi connectivity index (χ0n) is 11.3. The number of hydrogen-bond acceptors (Lipinski definition) is 3. The molecule has 6 heteroatoms. The van der Waals surface area contributed by atoms with Crippen molar-refractivity contribution in [3.63, 3.8) is 0 Å². The molecular formula is C15H13ClN2O3. The minimum Gasteiger partial charge on any atom is -0.337 e. The van der Waals surface area contributed by atoms with Crippen molar-refractivity contribution in [3.8, 4) is 0 Å². The molecule has 0 bridgehead atoms. The largest absolute Gasteiger partial charge is 0.337 e. The first kappa shape index (κ1) is 15.0. The van der Waals surface area contributed by atoms with Gasteiger partial charge in [-0.2, -0.15) is 0 Å². The van der Waals surface area contributed by atoms with Crippen LogP contribution in [0.1, 0.15) is 15.9 Å². The van der Waals surface area contributed by atoms with E-state index in [-0.39, 0.29) is 11.6 Å². The molecule has 1 amide bonds. The number of halogens is 1. The molecule has 0 atom stereocenters. The molecule has 0 saturated carbocycles. The van der Waals surface area contributed by atoms with Crippen molar-refractivity contribution in [2.45, 2.75) is 6.54 Å². The Morgan fingerprint density at radius 2 is 1.90 bits per heavy atom. The van der Waals surface area contributed by atoms with Gasteiger partial charge in [0.05, 0.1) is 4.92 Å². The Labute approximate surface area is 126 Å². The fourth-order valence-electron chi connectivity index (χ4n) is 1.93. The molecule has 0 aromatic heterocycles. The summed E-state index contributed by atoms with van der Waals surface area (Å²) in [6, 6.07) is 12.8. The smallest absolute Gasteiger partial charge is 0.269 e. The molecule has 0 aliphatic rings. The number of amides is 1. The summed E-state index contributed by atoms with van der Waals surface area (Å²) in [5.41, 5.74) is 1.29. The average Bonchev–Trinajstić information content (AvgIpc) is 2.46. The molecule has 0 fully saturated rings. The van der Waals surface area contributed by atoms with Gasteiger partial charge in [-0.25, -0.2) is 0 Å². The fourth-order valence-corrected chi connectivity index (χ4v) is 2.14. The number of nitrogens with zero attached hydrogens (tertiary/aromatic N) is 2. The summed E-state index contributed by atoms with van der Waals surface area (Å²) in [6.45, 7) is 0.413. The summed E-state index contributed by atoms with van der Waals surface area (Å²) in [5, 5.41) is 11.2. The van der Waals surface area contributed by atoms with Crippen molar-refractivity contribution in [3.05, 3.63) is 74.8 Å². The summed E-state index contributed by atoms with van der Waals surface area (Å²) in [5.74, 6) is -0.204. The average molecular weight is 305 g/mol. The molecule has 108 valence electrons. The number of hydrogen-bond donors (Lipinski definition) is 0. The number of nitro groups is 1. The van der Waals surface area contributed by atoms with Crippen LogP contribution in [0.4, 0.5) is 5.69 Å². The maximum Gasteiger partial charge on any atom is 0.269 e. The van der Waals surface area contributed by atoms with Crippen LogP contribution in [-0.4, -0.2) is 22.8 Å². The van der Waals surface area contributed by atoms with Gasteiger partial charge in [-0.05, 0) is 29.8 Å². The maximum absolute atomic E-state index is 12.2. The van der Waals surface area contributed by atoms with Gasteiger partial charge in [0.15, 0.2) is 0 Å². The molecule has 0 N–H and O–H groups in total. The third kappa shape index (κ3) is 3.79. The zero-order chi connectivity index (χ0) is 15.4. The minimum absolute atomic E-state index is 0.0379. The second-order valence-corrected chi connectivity index (χ2v) is 5.03. The molecule has 5 nitrogen and oxygen atoms in total. The molecule has 2 rings (SSSR count). The second-order valence-electron chi connectivity index (χ2n) is 4.60. The van der Waals surface area contributed by atoms with E-state index in [0.29, 0.717) is 17.1 Å². The van der Waals surface area contributed by atoms with E-state index in [0.717, 1.165) is 5.56 Å². The highest BCUT2D eigenvalue weighted by Gasteiger charge is 2.14. The van der Waals surface area contributed by atoms with Crippen LogP contribution in [0, 0.1) is 10.1 Å². The van der Waals surface area contributed by atoms with Crippen LogP contribution in [-0.2, 0) is 6.54 Å². The van der Waals surface area contributed by atoms with Crippen LogP contribution in [0.25, 0.3) is 0 Å². The minimum atomic E-state index is -0.496. The Bertz CT molecular complexity index is 671. The first-order chi connectivity index (χ1) is 9.97. The Balaban J connectivity index is 2.10. The fraction of sp³-hybridized carbons (Fsp3) is 0.133. The molecule has 0 radical (unpaired) electrons. The van der Waals surface area contributed by atoms with Crippen molar-refractivity contribution in [1.82, 2.24) is 4.90 Å². The van der Waals surface area contributed by atoms with E-state index in [1.165, 1.54) is 29.2 Å². The van der Waals surface area contributed by atoms with Gasteiger partial charge in [-0.3, -0.25) is 14.9 Å². The molecule has 0 saturated heterocycles. The van der Waals surface area contributed by atoms with Gasteiger partial charge in [0.25, 0.3) is 11.6 Å². The van der Waals surface area contributed by atoms with Crippen LogP contribution in [0.3, 0.4) is 0 Å². The Morgan fingerprint density at radius 3 is 2.48 bits per heavy atom. The molecule has 2 aromatic rings. The van der Waals surface area contributed by atoms with Crippen LogP contribution in [0.15, 0.2) is 48.5 Å². The topological polar surface area (TPSA) is 63.5 Å². The standard InChI is InChI=1S/C15H13ClN2O3/c1-17(10-11-3-2-4-13(16)9-11)15(19)12-5-7-14(8-6-12)18(20)21/h2-9H,10H2,1H3. The first-order valence-electron chi connectivity index (χ1n) is 6.22. The van der Waals surface area contributed by atoms with Gasteiger partial charge >= 0.3 is 0 Å². The third-order valence-corrected chi connectivity index (χ3v) is 3.22. The molecule has 2 aromatic carbocycles. The Hall–Kier alpha value is -2.40. The first-order valence-corrected chi connectivity index (χ1v) is 6.59. The normalized spacial score (nSPS) is 10.2. The lowest BCUT2D eigenvalue weighted by atomic mass is 10.1. The van der Waals surface area contributed by atoms with E-state index in [1.54, 1.807) is 19.2 Å². The van der Waals surface area contributed by atoms with Gasteiger partial charge in [-0.15, -0.1) is 0 Å². The molecule has 21 heavy (non-hydrogen) atoms. The highest BCUT2D eigenvalue weighted by Crippen LogP contribution is 2.16. The zero-order valence-corrected chi connectivity index (χ0v) is 12.1. The van der Waals surface area contributed by atoms with Crippen molar-refractivity contribution >= 4 is 23.2 Å². The van der Waals surface area contributed by atoms with Gasteiger partial charge < -0.3 is 4.90 Å². The molecule has 0 unspecified atom stereocenters. The summed E-state index contributed by atoms with van der Waals surface area (Å²) < 4.78 is 0. The molecule has 0 aliphatic carbocycles. The van der Waals surface area contributed by atoms with E-state index >= 15 is 0 Å². The van der Waals surface area contributed by atoms with Crippen LogP contribution in [0.5, 0.6) is 0 Å². The summed E-state index contributed by atoms with van der Waals surface area (Å²) in [7, 11) is 1.67. The molecule has 0 heterocycles. The number of carbonyl (C=O) groups is 1. The molecular weight excluding hydrogens is 292 g/mol. The van der Waals surface area contributed by atoms with Crippen molar-refractivity contribution in [2.75, 3.05) is 7.05 Å². The molecule has 0 spiro atoms. The number of nitro benzene ring substituents is 1. The maximum atomic E-state index is 12.2. The van der Waals surface area contributed by atoms with Gasteiger partial charge in [0.1, 0.15) is 0 Å². The van der Waals surface area contributed by atoms with E-state index in [9.17, 15) is 14.9 Å². The molecule has 0 aliphatic heterocycles. The highest BCUT2D eigenvalue weighted by molar-refractivity contribution is 6.30. The van der Waals surface area contributed by atoms with Crippen LogP contribution in [0.2, 0.25) is 5.02 Å². The number of carbonyl (C=O) groups excluding carboxylic acids is 1. The lowest BCUT2D eigenvalue weighted by Gasteiger charge is -2.17. The summed E-state index contributed by atoms with van der Waals surface area (Å²) in [6.07, 6.45) is 0. The summed E-state index contributed by atoms with van der Waals surface area (Å²) in [4.78, 5) is 23.9. The number of benzene rings is 2. The number of rotatable bonds is 4. The number of non-ortho nitro benzene ring substituents is 1. The second kappa shape index (κ2) is 6.37. The van der Waals surface area contributed by atoms with Crippen molar-refractivity contribution < 1.29 is 9.72 Å². The van der Waals surface area contributed by atoms with E-state index in [1.807, 2.05) is 12.1 Å². The van der Waals surface area contributed by atoms with Crippen molar-refractivity contribution in [2.24, 2.45) is 0 Å². The monoisotopic (exact) mass is 304 g/mol. The quantitative estimate of drug-likeness (QED) is 0.641. The van der Waals surface area contributed by atoms with E-state index in [4.69, 9.17) is 11.6 Å². The van der Waals surface area contributed by atoms with Gasteiger partial charge in [0, 0.05) is 36.3 Å². The van der Waals surface area contributed by atoms with Crippen LogP contribution >= 0.6 is 11.6 Å². The predicted molar refractivity (Wildman–Crippen MR) is 80.3 cm³/mol. The van der Waals surface area contributed by atoms with E-state index in [2.05, 4.69) is 0 Å². The third-order valence-electron chi connectivity index (χ3n) is 2.98. The summed E-state index contributed by atoms with van der Waals surface area (Å²) >= 11 is 5.90. The van der Waals surface area contributed by atoms with Gasteiger partial charge in [0.2, 0.25) is 0 Å². The lowest BCUT2D eigenvalue weighted by Crippen LogP contribution is -2.26. The van der Waals surface area contributed by atoms with E-state index < -0.39 is 4.92 Å². The van der Waals surface area contributed by atoms with Crippen molar-refractivity contribution in [1.29, 1.82) is 0 Å². The Morgan fingerprint density at radius 1 is 1.24 bits per heavy atom. The van der Waals surface area contributed by atoms with Gasteiger partial charge in [-0.1, -0.05) is 23.7 Å². The SMILES string of the molecule is CN(Cc1cccc(Cl)c1)C(=O)c1ccc([N+](=O)[O-])cc1.